The first-order valence-electron chi connectivity index (χ1n) is 11.3. The lowest BCUT2D eigenvalue weighted by Crippen LogP contribution is -2.42. The molecule has 2 aromatic carbocycles. The number of phenols is 1. The summed E-state index contributed by atoms with van der Waals surface area (Å²) in [6, 6.07) is 12.2. The van der Waals surface area contributed by atoms with Gasteiger partial charge < -0.3 is 24.2 Å². The lowest BCUT2D eigenvalue weighted by atomic mass is 9.83. The van der Waals surface area contributed by atoms with Gasteiger partial charge in [-0.1, -0.05) is 38.1 Å². The molecule has 0 aromatic heterocycles. The second kappa shape index (κ2) is 9.99. The normalized spacial score (nSPS) is 24.4. The predicted octanol–water partition coefficient (Wildman–Crippen LogP) is 2.80. The Morgan fingerprint density at radius 3 is 2.52 bits per heavy atom. The molecule has 4 atom stereocenters. The van der Waals surface area contributed by atoms with E-state index in [9.17, 15) is 9.90 Å². The molecule has 0 bridgehead atoms. The molecule has 0 spiro atoms. The van der Waals surface area contributed by atoms with Crippen LogP contribution in [0.3, 0.4) is 0 Å². The largest absolute Gasteiger partial charge is 0.508 e. The van der Waals surface area contributed by atoms with E-state index in [2.05, 4.69) is 24.7 Å². The van der Waals surface area contributed by atoms with Crippen molar-refractivity contribution in [1.82, 2.24) is 15.8 Å². The maximum absolute atomic E-state index is 13.4. The van der Waals surface area contributed by atoms with Gasteiger partial charge in [-0.3, -0.25) is 4.79 Å². The van der Waals surface area contributed by atoms with E-state index in [-0.39, 0.29) is 29.7 Å². The van der Waals surface area contributed by atoms with Crippen molar-refractivity contribution in [3.63, 3.8) is 0 Å². The van der Waals surface area contributed by atoms with Gasteiger partial charge in [0.2, 0.25) is 5.91 Å². The van der Waals surface area contributed by atoms with E-state index >= 15 is 0 Å². The zero-order valence-electron chi connectivity index (χ0n) is 19.6. The molecule has 0 radical (unpaired) electrons. The van der Waals surface area contributed by atoms with Crippen LogP contribution in [0.25, 0.3) is 0 Å². The van der Waals surface area contributed by atoms with Crippen molar-refractivity contribution >= 4 is 5.91 Å². The highest BCUT2D eigenvalue weighted by atomic mass is 16.5. The van der Waals surface area contributed by atoms with Gasteiger partial charge in [0, 0.05) is 25.1 Å². The van der Waals surface area contributed by atoms with Crippen molar-refractivity contribution in [2.24, 2.45) is 11.8 Å². The summed E-state index contributed by atoms with van der Waals surface area (Å²) in [7, 11) is 3.25. The standard InChI is InChI=1S/C25H33N3O5/c1-15(2)14-33-19-10-9-16(13-20(19)32-4)24-21-22(17-7-5-6-8-18(17)29)26-27-23(21)25(30)28(24)11-12-31-3/h5-10,13,15,21-24,26-27,29H,11-12,14H2,1-4H3. The summed E-state index contributed by atoms with van der Waals surface area (Å²) < 4.78 is 16.9. The molecule has 8 nitrogen and oxygen atoms in total. The molecule has 8 heteroatoms. The molecule has 0 aliphatic carbocycles. The Morgan fingerprint density at radius 2 is 1.82 bits per heavy atom. The van der Waals surface area contributed by atoms with Crippen LogP contribution < -0.4 is 20.3 Å². The molecule has 2 aromatic rings. The van der Waals surface area contributed by atoms with Crippen LogP contribution in [0, 0.1) is 11.8 Å². The molecule has 2 aliphatic heterocycles. The minimum Gasteiger partial charge on any atom is -0.508 e. The maximum Gasteiger partial charge on any atom is 0.242 e. The van der Waals surface area contributed by atoms with Gasteiger partial charge in [0.15, 0.2) is 11.5 Å². The molecule has 4 rings (SSSR count). The van der Waals surface area contributed by atoms with Gasteiger partial charge >= 0.3 is 0 Å². The van der Waals surface area contributed by atoms with Gasteiger partial charge in [0.1, 0.15) is 11.8 Å². The number of methoxy groups -OCH3 is 2. The molecule has 2 heterocycles. The average molecular weight is 456 g/mol. The van der Waals surface area contributed by atoms with Crippen LogP contribution in [0.1, 0.15) is 37.1 Å². The van der Waals surface area contributed by atoms with E-state index in [1.807, 2.05) is 35.2 Å². The number of carbonyl (C=O) groups is 1. The number of ether oxygens (including phenoxy) is 3. The number of phenolic OH excluding ortho intramolecular Hbond substituents is 1. The van der Waals surface area contributed by atoms with E-state index in [0.717, 1.165) is 11.1 Å². The van der Waals surface area contributed by atoms with Gasteiger partial charge in [-0.25, -0.2) is 10.9 Å². The smallest absolute Gasteiger partial charge is 0.242 e. The van der Waals surface area contributed by atoms with Gasteiger partial charge in [0.05, 0.1) is 32.4 Å². The van der Waals surface area contributed by atoms with E-state index in [4.69, 9.17) is 14.2 Å². The van der Waals surface area contributed by atoms with Crippen LogP contribution in [-0.4, -0.2) is 55.9 Å². The molecule has 2 fully saturated rings. The van der Waals surface area contributed by atoms with Crippen LogP contribution in [0.4, 0.5) is 0 Å². The molecule has 0 saturated carbocycles. The average Bonchev–Trinajstić information content (AvgIpc) is 3.35. The van der Waals surface area contributed by atoms with Crippen molar-refractivity contribution in [1.29, 1.82) is 0 Å². The summed E-state index contributed by atoms with van der Waals surface area (Å²) in [5, 5.41) is 10.5. The zero-order valence-corrected chi connectivity index (χ0v) is 19.6. The number of hydrogen-bond donors (Lipinski definition) is 3. The minimum atomic E-state index is -0.417. The van der Waals surface area contributed by atoms with E-state index in [1.165, 1.54) is 0 Å². The number of aromatic hydroxyl groups is 1. The van der Waals surface area contributed by atoms with Crippen LogP contribution in [0.15, 0.2) is 42.5 Å². The topological polar surface area (TPSA) is 92.3 Å². The molecule has 33 heavy (non-hydrogen) atoms. The number of nitrogens with one attached hydrogen (secondary N) is 2. The Labute approximate surface area is 194 Å². The number of rotatable bonds is 9. The van der Waals surface area contributed by atoms with Crippen molar-refractivity contribution in [2.45, 2.75) is 32.0 Å². The SMILES string of the molecule is COCCN1C(=O)C2NNC(c3ccccc3O)C2C1c1ccc(OCC(C)C)c(OC)c1. The van der Waals surface area contributed by atoms with Gasteiger partial charge in [0.25, 0.3) is 0 Å². The second-order valence-corrected chi connectivity index (χ2v) is 8.96. The van der Waals surface area contributed by atoms with Crippen molar-refractivity contribution in [2.75, 3.05) is 34.0 Å². The second-order valence-electron chi connectivity index (χ2n) is 8.96. The number of amides is 1. The monoisotopic (exact) mass is 455 g/mol. The highest BCUT2D eigenvalue weighted by molar-refractivity contribution is 5.86. The molecule has 1 amide bonds. The fourth-order valence-corrected chi connectivity index (χ4v) is 4.80. The van der Waals surface area contributed by atoms with Crippen molar-refractivity contribution < 1.29 is 24.1 Å². The summed E-state index contributed by atoms with van der Waals surface area (Å²) >= 11 is 0. The van der Waals surface area contributed by atoms with E-state index in [0.29, 0.717) is 37.2 Å². The Bertz CT molecular complexity index is 982. The van der Waals surface area contributed by atoms with E-state index in [1.54, 1.807) is 26.4 Å². The maximum atomic E-state index is 13.4. The van der Waals surface area contributed by atoms with Crippen LogP contribution in [0.5, 0.6) is 17.2 Å². The molecular weight excluding hydrogens is 422 g/mol. The van der Waals surface area contributed by atoms with Crippen molar-refractivity contribution in [3.05, 3.63) is 53.6 Å². The lowest BCUT2D eigenvalue weighted by Gasteiger charge is -2.31. The quantitative estimate of drug-likeness (QED) is 0.536. The van der Waals surface area contributed by atoms with Crippen LogP contribution in [0.2, 0.25) is 0 Å². The summed E-state index contributed by atoms with van der Waals surface area (Å²) in [5.74, 6) is 1.77. The third-order valence-electron chi connectivity index (χ3n) is 6.32. The van der Waals surface area contributed by atoms with Gasteiger partial charge in [-0.2, -0.15) is 0 Å². The number of hydrazine groups is 1. The Kier molecular flexibility index (Phi) is 7.07. The fraction of sp³-hybridized carbons (Fsp3) is 0.480. The van der Waals surface area contributed by atoms with E-state index < -0.39 is 6.04 Å². The first-order chi connectivity index (χ1) is 16.0. The van der Waals surface area contributed by atoms with Crippen LogP contribution >= 0.6 is 0 Å². The highest BCUT2D eigenvalue weighted by Gasteiger charge is 2.55. The molecular formula is C25H33N3O5. The fourth-order valence-electron chi connectivity index (χ4n) is 4.80. The Balaban J connectivity index is 1.73. The number of benzene rings is 2. The number of nitrogens with zero attached hydrogens (tertiary/aromatic N) is 1. The zero-order chi connectivity index (χ0) is 23.5. The number of carbonyl (C=O) groups excluding carboxylic acids is 1. The first-order valence-corrected chi connectivity index (χ1v) is 11.3. The minimum absolute atomic E-state index is 0.00609. The molecule has 2 saturated heterocycles. The summed E-state index contributed by atoms with van der Waals surface area (Å²) in [6.07, 6.45) is 0. The number of likely N-dealkylation sites (tertiary alicyclic amines) is 1. The van der Waals surface area contributed by atoms with Gasteiger partial charge in [-0.15, -0.1) is 0 Å². The molecule has 3 N–H and O–H groups in total. The summed E-state index contributed by atoms with van der Waals surface area (Å²) in [4.78, 5) is 15.3. The van der Waals surface area contributed by atoms with Crippen LogP contribution in [-0.2, 0) is 9.53 Å². The molecule has 4 unspecified atom stereocenters. The molecule has 178 valence electrons. The lowest BCUT2D eigenvalue weighted by molar-refractivity contribution is -0.131. The number of para-hydroxylation sites is 1. The number of hydrogen-bond acceptors (Lipinski definition) is 7. The number of fused-ring (bicyclic) bond motifs is 1. The van der Waals surface area contributed by atoms with Crippen molar-refractivity contribution in [3.8, 4) is 17.2 Å². The summed E-state index contributed by atoms with van der Waals surface area (Å²) in [5.41, 5.74) is 8.13. The third-order valence-corrected chi connectivity index (χ3v) is 6.32. The molecule has 2 aliphatic rings. The Morgan fingerprint density at radius 1 is 1.06 bits per heavy atom. The highest BCUT2D eigenvalue weighted by Crippen LogP contribution is 2.49. The first kappa shape index (κ1) is 23.4. The Hall–Kier alpha value is -2.81. The third kappa shape index (κ3) is 4.51. The predicted molar refractivity (Wildman–Crippen MR) is 124 cm³/mol. The van der Waals surface area contributed by atoms with Gasteiger partial charge in [-0.05, 0) is 29.7 Å². The summed E-state index contributed by atoms with van der Waals surface area (Å²) in [6.45, 7) is 5.68.